The molecule has 0 bridgehead atoms. The van der Waals surface area contributed by atoms with Crippen molar-refractivity contribution in [1.29, 1.82) is 0 Å². The van der Waals surface area contributed by atoms with E-state index in [1.165, 1.54) is 5.56 Å². The second-order valence-corrected chi connectivity index (χ2v) is 16.5. The number of rotatable bonds is 9. The molecule has 11 heteroatoms. The average Bonchev–Trinajstić information content (AvgIpc) is 3.97. The molecule has 3 aromatic carbocycles. The van der Waals surface area contributed by atoms with Crippen LogP contribution in [0.2, 0.25) is 0 Å². The Balaban J connectivity index is 0.00000237. The monoisotopic (exact) mass is 776 g/mol. The van der Waals surface area contributed by atoms with Crippen LogP contribution in [0, 0.1) is 11.8 Å². The first-order chi connectivity index (χ1) is 27.2. The van der Waals surface area contributed by atoms with E-state index in [1.807, 2.05) is 51.7 Å². The second-order valence-electron chi connectivity index (χ2n) is 15.8. The lowest BCUT2D eigenvalue weighted by Gasteiger charge is -2.43. The predicted molar refractivity (Wildman–Crippen MR) is 226 cm³/mol. The van der Waals surface area contributed by atoms with Crippen molar-refractivity contribution < 1.29 is 19.1 Å². The second kappa shape index (κ2) is 17.4. The van der Waals surface area contributed by atoms with Crippen LogP contribution in [0.15, 0.2) is 95.7 Å². The molecule has 3 aliphatic rings. The van der Waals surface area contributed by atoms with Gasteiger partial charge in [0.1, 0.15) is 18.4 Å². The summed E-state index contributed by atoms with van der Waals surface area (Å²) in [5, 5.41) is 8.07. The fourth-order valence-electron chi connectivity index (χ4n) is 8.29. The molecule has 0 radical (unpaired) electrons. The number of amides is 1. The van der Waals surface area contributed by atoms with E-state index in [2.05, 4.69) is 103 Å². The molecule has 2 atom stereocenters. The summed E-state index contributed by atoms with van der Waals surface area (Å²) in [4.78, 5) is 38.6. The molecule has 5 aromatic rings. The molecule has 5 heterocycles. The molecule has 296 valence electrons. The van der Waals surface area contributed by atoms with Gasteiger partial charge in [-0.25, -0.2) is 9.78 Å². The van der Waals surface area contributed by atoms with Gasteiger partial charge in [0.05, 0.1) is 40.9 Å². The van der Waals surface area contributed by atoms with Crippen molar-refractivity contribution in [3.05, 3.63) is 107 Å². The Morgan fingerprint density at radius 3 is 2.29 bits per heavy atom. The molecule has 1 amide bonds. The fraction of sp³-hybridized carbons (Fsp3) is 0.444. The van der Waals surface area contributed by atoms with Crippen LogP contribution in [0.3, 0.4) is 0 Å². The maximum Gasteiger partial charge on any atom is 0.410 e. The van der Waals surface area contributed by atoms with Crippen molar-refractivity contribution in [2.75, 3.05) is 47.9 Å². The maximum atomic E-state index is 14.0. The Kier molecular flexibility index (Phi) is 12.2. The first-order valence-corrected chi connectivity index (χ1v) is 21.2. The van der Waals surface area contributed by atoms with E-state index in [0.717, 1.165) is 66.4 Å². The van der Waals surface area contributed by atoms with Gasteiger partial charge in [-0.2, -0.15) is 11.3 Å². The SMILES string of the molecule is CC.CC(C)(C)OC(=O)N1CCC([C@@H](COC(=O)C2CCN(c3nc4ccccc4n3Cc3ccsc3)CC2)N2c3ccccc3NC2c2ccccc2)CC1. The Morgan fingerprint density at radius 1 is 0.875 bits per heavy atom. The number of nitrogens with one attached hydrogen (secondary N) is 1. The zero-order valence-electron chi connectivity index (χ0n) is 33.4. The fourth-order valence-corrected chi connectivity index (χ4v) is 8.95. The maximum absolute atomic E-state index is 14.0. The molecule has 56 heavy (non-hydrogen) atoms. The van der Waals surface area contributed by atoms with Crippen molar-refractivity contribution in [1.82, 2.24) is 14.5 Å². The zero-order chi connectivity index (χ0) is 39.2. The zero-order valence-corrected chi connectivity index (χ0v) is 34.2. The highest BCUT2D eigenvalue weighted by atomic mass is 32.1. The van der Waals surface area contributed by atoms with Crippen LogP contribution in [0.4, 0.5) is 22.1 Å². The highest BCUT2D eigenvalue weighted by Gasteiger charge is 2.41. The summed E-state index contributed by atoms with van der Waals surface area (Å²) < 4.78 is 14.4. The molecule has 1 N–H and O–H groups in total. The van der Waals surface area contributed by atoms with Crippen molar-refractivity contribution >= 4 is 51.8 Å². The molecular formula is C45H56N6O4S. The normalized spacial score (nSPS) is 18.2. The number of hydrogen-bond donors (Lipinski definition) is 1. The summed E-state index contributed by atoms with van der Waals surface area (Å²) in [7, 11) is 0. The largest absolute Gasteiger partial charge is 0.463 e. The van der Waals surface area contributed by atoms with Gasteiger partial charge >= 0.3 is 12.1 Å². The van der Waals surface area contributed by atoms with Crippen LogP contribution in [-0.4, -0.2) is 70.9 Å². The van der Waals surface area contributed by atoms with Gasteiger partial charge in [0.15, 0.2) is 0 Å². The number of nitrogens with zero attached hydrogens (tertiary/aromatic N) is 5. The van der Waals surface area contributed by atoms with Crippen LogP contribution in [0.25, 0.3) is 11.0 Å². The minimum Gasteiger partial charge on any atom is -0.463 e. The number of thiophene rings is 1. The molecule has 0 saturated carbocycles. The molecule has 3 aliphatic heterocycles. The summed E-state index contributed by atoms with van der Waals surface area (Å²) in [6.07, 6.45) is 2.60. The topological polar surface area (TPSA) is 92.2 Å². The Bertz CT molecular complexity index is 2050. The highest BCUT2D eigenvalue weighted by Crippen LogP contribution is 2.45. The number of carbonyl (C=O) groups excluding carboxylic acids is 2. The van der Waals surface area contributed by atoms with Crippen LogP contribution >= 0.6 is 11.3 Å². The third-order valence-electron chi connectivity index (χ3n) is 11.0. The molecule has 2 saturated heterocycles. The summed E-state index contributed by atoms with van der Waals surface area (Å²) in [6, 6.07) is 29.2. The number of carbonyl (C=O) groups is 2. The van der Waals surface area contributed by atoms with Crippen LogP contribution < -0.4 is 15.1 Å². The highest BCUT2D eigenvalue weighted by molar-refractivity contribution is 7.07. The summed E-state index contributed by atoms with van der Waals surface area (Å²) >= 11 is 1.71. The number of anilines is 3. The standard InChI is InChI=1S/C43H50N6O4S.C2H6/c1-43(2,3)53-42(51)47-24-17-31(18-25-47)38(49-37-16-10-8-14-35(37)44-39(49)32-11-5-4-6-12-32)28-52-40(50)33-19-22-46(23-20-33)41-45-34-13-7-9-15-36(34)48(41)27-30-21-26-54-29-30;1-2/h4-16,21,26,29,31,33,38-39,44H,17-20,22-25,27-28H2,1-3H3;1-2H3/t38-,39?;/m1./s1. The molecule has 8 rings (SSSR count). The molecule has 1 unspecified atom stereocenters. The Morgan fingerprint density at radius 2 is 1.57 bits per heavy atom. The van der Waals surface area contributed by atoms with Crippen molar-refractivity contribution in [3.63, 3.8) is 0 Å². The van der Waals surface area contributed by atoms with Crippen molar-refractivity contribution in [2.24, 2.45) is 11.8 Å². The smallest absolute Gasteiger partial charge is 0.410 e. The van der Waals surface area contributed by atoms with Crippen molar-refractivity contribution in [2.45, 2.75) is 84.7 Å². The lowest BCUT2D eigenvalue weighted by atomic mass is 9.88. The molecule has 2 fully saturated rings. The summed E-state index contributed by atoms with van der Waals surface area (Å²) in [6.45, 7) is 13.4. The van der Waals surface area contributed by atoms with Gasteiger partial charge in [0, 0.05) is 26.2 Å². The minimum atomic E-state index is -0.548. The lowest BCUT2D eigenvalue weighted by molar-refractivity contribution is -0.150. The number of imidazole rings is 1. The molecule has 0 aliphatic carbocycles. The minimum absolute atomic E-state index is 0.104. The lowest BCUT2D eigenvalue weighted by Crippen LogP contribution is -2.51. The first kappa shape index (κ1) is 39.2. The third kappa shape index (κ3) is 8.68. The van der Waals surface area contributed by atoms with E-state index in [9.17, 15) is 9.59 Å². The van der Waals surface area contributed by atoms with E-state index < -0.39 is 5.60 Å². The van der Waals surface area contributed by atoms with Gasteiger partial charge in [-0.1, -0.05) is 68.4 Å². The van der Waals surface area contributed by atoms with Crippen LogP contribution in [0.5, 0.6) is 0 Å². The van der Waals surface area contributed by atoms with Gasteiger partial charge in [0.2, 0.25) is 5.95 Å². The molecular weight excluding hydrogens is 721 g/mol. The number of likely N-dealkylation sites (tertiary alicyclic amines) is 1. The van der Waals surface area contributed by atoms with E-state index >= 15 is 0 Å². The molecule has 0 spiro atoms. The van der Waals surface area contributed by atoms with Gasteiger partial charge in [0.25, 0.3) is 0 Å². The Labute approximate surface area is 335 Å². The van der Waals surface area contributed by atoms with Crippen LogP contribution in [-0.2, 0) is 20.8 Å². The number of ether oxygens (including phenoxy) is 2. The van der Waals surface area contributed by atoms with E-state index in [0.29, 0.717) is 25.9 Å². The quantitative estimate of drug-likeness (QED) is 0.148. The summed E-state index contributed by atoms with van der Waals surface area (Å²) in [5.41, 5.74) is 6.13. The van der Waals surface area contributed by atoms with Gasteiger partial charge in [-0.05, 0) is 105 Å². The number of esters is 1. The first-order valence-electron chi connectivity index (χ1n) is 20.3. The van der Waals surface area contributed by atoms with Gasteiger partial charge in [-0.3, -0.25) is 4.79 Å². The van der Waals surface area contributed by atoms with Crippen LogP contribution in [0.1, 0.15) is 77.6 Å². The number of hydrogen-bond acceptors (Lipinski definition) is 9. The summed E-state index contributed by atoms with van der Waals surface area (Å²) in [5.74, 6) is 0.835. The van der Waals surface area contributed by atoms with Crippen molar-refractivity contribution in [3.8, 4) is 0 Å². The molecule has 2 aromatic heterocycles. The average molecular weight is 777 g/mol. The number of piperidine rings is 2. The number of aromatic nitrogens is 2. The van der Waals surface area contributed by atoms with E-state index in [4.69, 9.17) is 14.5 Å². The number of para-hydroxylation sites is 4. The number of fused-ring (bicyclic) bond motifs is 2. The van der Waals surface area contributed by atoms with E-state index in [-0.39, 0.29) is 42.7 Å². The van der Waals surface area contributed by atoms with E-state index in [1.54, 1.807) is 11.3 Å². The molecule has 10 nitrogen and oxygen atoms in total. The van der Waals surface area contributed by atoms with Gasteiger partial charge < -0.3 is 34.1 Å². The third-order valence-corrected chi connectivity index (χ3v) is 11.8. The van der Waals surface area contributed by atoms with Gasteiger partial charge in [-0.15, -0.1) is 0 Å². The number of benzene rings is 3. The Hall–Kier alpha value is -5.03. The predicted octanol–water partition coefficient (Wildman–Crippen LogP) is 9.58.